The first-order valence-corrected chi connectivity index (χ1v) is 8.94. The van der Waals surface area contributed by atoms with Crippen LogP contribution < -0.4 is 9.62 Å². The lowest BCUT2D eigenvalue weighted by molar-refractivity contribution is 0.463. The number of anilines is 1. The average Bonchev–Trinajstić information content (AvgIpc) is 2.94. The fourth-order valence-corrected chi connectivity index (χ4v) is 4.17. The van der Waals surface area contributed by atoms with Crippen LogP contribution in [0.1, 0.15) is 12.8 Å². The number of rotatable bonds is 4. The molecule has 23 heavy (non-hydrogen) atoms. The van der Waals surface area contributed by atoms with Crippen LogP contribution in [0, 0.1) is 5.82 Å². The molecule has 0 bridgehead atoms. The Kier molecular flexibility index (Phi) is 4.36. The lowest BCUT2D eigenvalue weighted by Gasteiger charge is -2.33. The standard InChI is InChI=1S/C15H19FN4O2S/c1-19-11-13(9-17-19)20-8-4-5-12(10-20)18-23(21,22)15-7-3-2-6-14(15)16/h2-3,6-7,9,11-12,18H,4-5,8,10H2,1H3/t12-/m0/s1. The summed E-state index contributed by atoms with van der Waals surface area (Å²) < 4.78 is 42.8. The number of nitrogens with zero attached hydrogens (tertiary/aromatic N) is 3. The van der Waals surface area contributed by atoms with Crippen LogP contribution in [0.4, 0.5) is 10.1 Å². The van der Waals surface area contributed by atoms with Gasteiger partial charge in [-0.15, -0.1) is 0 Å². The number of hydrogen-bond donors (Lipinski definition) is 1. The number of hydrogen-bond acceptors (Lipinski definition) is 4. The van der Waals surface area contributed by atoms with E-state index in [9.17, 15) is 12.8 Å². The van der Waals surface area contributed by atoms with Crippen molar-refractivity contribution in [2.45, 2.75) is 23.8 Å². The van der Waals surface area contributed by atoms with Gasteiger partial charge in [-0.2, -0.15) is 5.10 Å². The second-order valence-corrected chi connectivity index (χ2v) is 7.39. The predicted molar refractivity (Wildman–Crippen MR) is 85.2 cm³/mol. The van der Waals surface area contributed by atoms with Crippen molar-refractivity contribution in [2.75, 3.05) is 18.0 Å². The first-order valence-electron chi connectivity index (χ1n) is 7.46. The van der Waals surface area contributed by atoms with E-state index in [2.05, 4.69) is 14.7 Å². The van der Waals surface area contributed by atoms with Crippen LogP contribution in [0.15, 0.2) is 41.6 Å². The van der Waals surface area contributed by atoms with Crippen molar-refractivity contribution in [3.8, 4) is 0 Å². The summed E-state index contributed by atoms with van der Waals surface area (Å²) in [6.07, 6.45) is 5.24. The third-order valence-electron chi connectivity index (χ3n) is 3.93. The van der Waals surface area contributed by atoms with E-state index < -0.39 is 15.8 Å². The number of aromatic nitrogens is 2. The Morgan fingerprint density at radius 2 is 2.13 bits per heavy atom. The lowest BCUT2D eigenvalue weighted by atomic mass is 10.1. The van der Waals surface area contributed by atoms with Gasteiger partial charge in [0.15, 0.2) is 0 Å². The maximum Gasteiger partial charge on any atom is 0.243 e. The zero-order valence-corrected chi connectivity index (χ0v) is 13.6. The Morgan fingerprint density at radius 1 is 1.35 bits per heavy atom. The van der Waals surface area contributed by atoms with Gasteiger partial charge in [-0.05, 0) is 25.0 Å². The summed E-state index contributed by atoms with van der Waals surface area (Å²) in [5.74, 6) is -0.736. The maximum absolute atomic E-state index is 13.7. The molecule has 0 unspecified atom stereocenters. The molecule has 1 aliphatic rings. The van der Waals surface area contributed by atoms with Crippen molar-refractivity contribution in [3.05, 3.63) is 42.5 Å². The van der Waals surface area contributed by atoms with Crippen molar-refractivity contribution in [1.82, 2.24) is 14.5 Å². The summed E-state index contributed by atoms with van der Waals surface area (Å²) >= 11 is 0. The number of nitrogens with one attached hydrogen (secondary N) is 1. The molecule has 0 aliphatic carbocycles. The van der Waals surface area contributed by atoms with E-state index in [4.69, 9.17) is 0 Å². The van der Waals surface area contributed by atoms with Crippen LogP contribution >= 0.6 is 0 Å². The summed E-state index contributed by atoms with van der Waals surface area (Å²) in [5, 5.41) is 4.14. The molecule has 124 valence electrons. The molecule has 1 aliphatic heterocycles. The second kappa shape index (κ2) is 6.29. The van der Waals surface area contributed by atoms with E-state index in [-0.39, 0.29) is 10.9 Å². The van der Waals surface area contributed by atoms with Crippen molar-refractivity contribution in [2.24, 2.45) is 7.05 Å². The molecule has 0 saturated carbocycles. The van der Waals surface area contributed by atoms with Gasteiger partial charge in [-0.3, -0.25) is 4.68 Å². The highest BCUT2D eigenvalue weighted by atomic mass is 32.2. The smallest absolute Gasteiger partial charge is 0.243 e. The highest BCUT2D eigenvalue weighted by Crippen LogP contribution is 2.21. The predicted octanol–water partition coefficient (Wildman–Crippen LogP) is 1.51. The average molecular weight is 338 g/mol. The first-order chi connectivity index (χ1) is 11.0. The molecule has 1 aromatic heterocycles. The summed E-state index contributed by atoms with van der Waals surface area (Å²) in [6.45, 7) is 1.39. The molecule has 1 aromatic carbocycles. The number of aryl methyl sites for hydroxylation is 1. The van der Waals surface area contributed by atoms with Crippen molar-refractivity contribution >= 4 is 15.7 Å². The van der Waals surface area contributed by atoms with Gasteiger partial charge >= 0.3 is 0 Å². The normalized spacial score (nSPS) is 19.0. The molecular formula is C15H19FN4O2S. The van der Waals surface area contributed by atoms with Crippen molar-refractivity contribution in [3.63, 3.8) is 0 Å². The number of piperidine rings is 1. The first kappa shape index (κ1) is 15.9. The molecular weight excluding hydrogens is 319 g/mol. The number of benzene rings is 1. The van der Waals surface area contributed by atoms with Gasteiger partial charge in [0, 0.05) is 32.4 Å². The lowest BCUT2D eigenvalue weighted by Crippen LogP contribution is -2.47. The van der Waals surface area contributed by atoms with Gasteiger partial charge in [0.1, 0.15) is 10.7 Å². The van der Waals surface area contributed by atoms with Crippen molar-refractivity contribution < 1.29 is 12.8 Å². The largest absolute Gasteiger partial charge is 0.367 e. The fraction of sp³-hybridized carbons (Fsp3) is 0.400. The van der Waals surface area contributed by atoms with E-state index in [0.29, 0.717) is 6.54 Å². The van der Waals surface area contributed by atoms with Crippen LogP contribution in [0.3, 0.4) is 0 Å². The van der Waals surface area contributed by atoms with E-state index in [1.165, 1.54) is 18.2 Å². The van der Waals surface area contributed by atoms with Gasteiger partial charge in [0.2, 0.25) is 10.0 Å². The van der Waals surface area contributed by atoms with Gasteiger partial charge in [-0.1, -0.05) is 12.1 Å². The van der Waals surface area contributed by atoms with Gasteiger partial charge in [0.05, 0.1) is 11.9 Å². The SMILES string of the molecule is Cn1cc(N2CCC[C@H](NS(=O)(=O)c3ccccc3F)C2)cn1. The monoisotopic (exact) mass is 338 g/mol. The molecule has 0 amide bonds. The van der Waals surface area contributed by atoms with Crippen LogP contribution in [0.2, 0.25) is 0 Å². The molecule has 1 fully saturated rings. The summed E-state index contributed by atoms with van der Waals surface area (Å²) in [6, 6.07) is 5.16. The Labute approximate surface area is 135 Å². The summed E-state index contributed by atoms with van der Waals surface area (Å²) in [4.78, 5) is 1.78. The van der Waals surface area contributed by atoms with E-state index in [1.807, 2.05) is 13.2 Å². The third-order valence-corrected chi connectivity index (χ3v) is 5.48. The number of sulfonamides is 1. The van der Waals surface area contributed by atoms with Crippen LogP contribution in [0.5, 0.6) is 0 Å². The molecule has 6 nitrogen and oxygen atoms in total. The highest BCUT2D eigenvalue weighted by molar-refractivity contribution is 7.89. The van der Waals surface area contributed by atoms with Crippen LogP contribution in [0.25, 0.3) is 0 Å². The summed E-state index contributed by atoms with van der Waals surface area (Å²) in [7, 11) is -2.02. The molecule has 1 N–H and O–H groups in total. The highest BCUT2D eigenvalue weighted by Gasteiger charge is 2.27. The Hall–Kier alpha value is -1.93. The Morgan fingerprint density at radius 3 is 2.83 bits per heavy atom. The molecule has 8 heteroatoms. The zero-order valence-electron chi connectivity index (χ0n) is 12.8. The quantitative estimate of drug-likeness (QED) is 0.918. The van der Waals surface area contributed by atoms with E-state index >= 15 is 0 Å². The molecule has 2 aromatic rings. The molecule has 0 spiro atoms. The van der Waals surface area contributed by atoms with Gasteiger partial charge in [-0.25, -0.2) is 17.5 Å². The topological polar surface area (TPSA) is 67.2 Å². The molecule has 1 atom stereocenters. The van der Waals surface area contributed by atoms with Crippen LogP contribution in [-0.2, 0) is 17.1 Å². The van der Waals surface area contributed by atoms with Crippen LogP contribution in [-0.4, -0.2) is 37.3 Å². The Balaban J connectivity index is 1.73. The molecule has 3 rings (SSSR count). The minimum Gasteiger partial charge on any atom is -0.367 e. The summed E-state index contributed by atoms with van der Waals surface area (Å²) in [5.41, 5.74) is 0.960. The second-order valence-electron chi connectivity index (χ2n) is 5.71. The zero-order chi connectivity index (χ0) is 16.4. The molecule has 1 saturated heterocycles. The minimum absolute atomic E-state index is 0.256. The molecule has 0 radical (unpaired) electrons. The van der Waals surface area contributed by atoms with Crippen molar-refractivity contribution in [1.29, 1.82) is 0 Å². The third kappa shape index (κ3) is 3.53. The maximum atomic E-state index is 13.7. The number of halogens is 1. The van der Waals surface area contributed by atoms with E-state index in [1.54, 1.807) is 10.9 Å². The van der Waals surface area contributed by atoms with Gasteiger partial charge in [0.25, 0.3) is 0 Å². The van der Waals surface area contributed by atoms with Gasteiger partial charge < -0.3 is 4.90 Å². The fourth-order valence-electron chi connectivity index (χ4n) is 2.83. The Bertz CT molecular complexity index is 790. The minimum atomic E-state index is -3.86. The molecule has 2 heterocycles. The van der Waals surface area contributed by atoms with E-state index in [0.717, 1.165) is 31.1 Å².